The van der Waals surface area contributed by atoms with Gasteiger partial charge in [0, 0.05) is 12.5 Å². The average molecular weight is 442 g/mol. The van der Waals surface area contributed by atoms with Gasteiger partial charge >= 0.3 is 5.97 Å². The van der Waals surface area contributed by atoms with Crippen molar-refractivity contribution in [2.75, 3.05) is 27.4 Å². The van der Waals surface area contributed by atoms with Crippen LogP contribution in [0, 0.1) is 29.6 Å². The van der Waals surface area contributed by atoms with Crippen LogP contribution in [0.5, 0.6) is 11.5 Å². The highest BCUT2D eigenvalue weighted by atomic mass is 16.6. The lowest BCUT2D eigenvalue weighted by Crippen LogP contribution is -2.42. The van der Waals surface area contributed by atoms with Gasteiger partial charge in [0.1, 0.15) is 6.10 Å². The Morgan fingerprint density at radius 3 is 2.50 bits per heavy atom. The monoisotopic (exact) mass is 442 g/mol. The predicted octanol–water partition coefficient (Wildman–Crippen LogP) is 1.43. The zero-order valence-electron chi connectivity index (χ0n) is 18.3. The molecule has 2 heterocycles. The molecule has 5 rings (SSSR count). The van der Waals surface area contributed by atoms with Crippen LogP contribution in [-0.2, 0) is 30.4 Å². The van der Waals surface area contributed by atoms with Crippen LogP contribution in [0.4, 0.5) is 0 Å². The van der Waals surface area contributed by atoms with Crippen LogP contribution in [0.2, 0.25) is 0 Å². The molecule has 2 bridgehead atoms. The van der Waals surface area contributed by atoms with Crippen LogP contribution in [0.25, 0.3) is 0 Å². The summed E-state index contributed by atoms with van der Waals surface area (Å²) in [6, 6.07) is 5.57. The smallest absolute Gasteiger partial charge is 0.356 e. The number of imide groups is 1. The maximum absolute atomic E-state index is 13.3. The number of benzene rings is 1. The van der Waals surface area contributed by atoms with Crippen molar-refractivity contribution in [2.24, 2.45) is 34.7 Å². The predicted molar refractivity (Wildman–Crippen MR) is 111 cm³/mol. The van der Waals surface area contributed by atoms with E-state index in [0.717, 1.165) is 5.56 Å². The lowest BCUT2D eigenvalue weighted by atomic mass is 9.72. The largest absolute Gasteiger partial charge is 0.493 e. The number of likely N-dealkylation sites (tertiary alicyclic amines) is 1. The second-order valence-electron chi connectivity index (χ2n) is 8.68. The summed E-state index contributed by atoms with van der Waals surface area (Å²) in [5, 5.41) is 3.97. The lowest BCUT2D eigenvalue weighted by Gasteiger charge is -2.29. The number of methoxy groups -OCH3 is 2. The van der Waals surface area contributed by atoms with E-state index < -0.39 is 17.8 Å². The molecule has 2 saturated carbocycles. The van der Waals surface area contributed by atoms with Gasteiger partial charge in [-0.3, -0.25) is 14.5 Å². The normalized spacial score (nSPS) is 31.8. The van der Waals surface area contributed by atoms with Gasteiger partial charge in [0.05, 0.1) is 38.6 Å². The van der Waals surface area contributed by atoms with E-state index >= 15 is 0 Å². The van der Waals surface area contributed by atoms with E-state index in [1.807, 2.05) is 18.2 Å². The first-order chi connectivity index (χ1) is 15.5. The van der Waals surface area contributed by atoms with Crippen molar-refractivity contribution in [3.05, 3.63) is 23.8 Å². The van der Waals surface area contributed by atoms with Crippen molar-refractivity contribution >= 4 is 23.5 Å². The number of amides is 2. The Labute approximate surface area is 185 Å². The van der Waals surface area contributed by atoms with E-state index in [0.29, 0.717) is 30.9 Å². The first kappa shape index (κ1) is 20.8. The number of nitrogens with zero attached hydrogens (tertiary/aromatic N) is 2. The first-order valence-electron chi connectivity index (χ1n) is 11.0. The number of fused-ring (bicyclic) bond motifs is 8. The fourth-order valence-electron chi connectivity index (χ4n) is 6.06. The molecule has 0 radical (unpaired) electrons. The van der Waals surface area contributed by atoms with Crippen LogP contribution in [0.3, 0.4) is 0 Å². The highest BCUT2D eigenvalue weighted by Gasteiger charge is 2.70. The van der Waals surface area contributed by atoms with Crippen molar-refractivity contribution in [2.45, 2.75) is 25.9 Å². The summed E-state index contributed by atoms with van der Waals surface area (Å²) in [6.45, 7) is 2.28. The summed E-state index contributed by atoms with van der Waals surface area (Å²) in [4.78, 5) is 45.8. The molecule has 1 aromatic carbocycles. The Kier molecular flexibility index (Phi) is 5.06. The molecule has 0 N–H and O–H groups in total. The number of carbonyl (C=O) groups excluding carboxylic acids is 3. The molecule has 9 nitrogen and oxygen atoms in total. The molecule has 2 amide bonds. The zero-order valence-corrected chi connectivity index (χ0v) is 18.3. The van der Waals surface area contributed by atoms with Gasteiger partial charge in [0.25, 0.3) is 0 Å². The standard InChI is InChI=1S/C23H26N2O7/c1-4-31-23(28)19-18-12-10-13(20(18)32-24-19)17-16(12)21(26)25(22(17)27)8-7-11-5-6-14(29-2)15(9-11)30-3/h5-6,9,12-13,16-18,20H,4,7-8,10H2,1-3H3/t12-,13-,16-,17-,18-,20-/m0/s1. The van der Waals surface area contributed by atoms with Crippen molar-refractivity contribution in [1.29, 1.82) is 0 Å². The number of hydrogen-bond donors (Lipinski definition) is 0. The van der Waals surface area contributed by atoms with Gasteiger partial charge in [0.15, 0.2) is 17.2 Å². The lowest BCUT2D eigenvalue weighted by molar-refractivity contribution is -0.141. The fourth-order valence-corrected chi connectivity index (χ4v) is 6.06. The molecule has 6 atom stereocenters. The molecular weight excluding hydrogens is 416 g/mol. The molecule has 32 heavy (non-hydrogen) atoms. The minimum absolute atomic E-state index is 0.104. The number of carbonyl (C=O) groups is 3. The zero-order chi connectivity index (χ0) is 22.6. The van der Waals surface area contributed by atoms with E-state index in [2.05, 4.69) is 5.16 Å². The summed E-state index contributed by atoms with van der Waals surface area (Å²) in [5.74, 6) is -0.862. The highest BCUT2D eigenvalue weighted by Crippen LogP contribution is 2.61. The van der Waals surface area contributed by atoms with E-state index in [1.54, 1.807) is 21.1 Å². The molecule has 2 aliphatic carbocycles. The molecule has 2 aliphatic heterocycles. The number of rotatable bonds is 7. The summed E-state index contributed by atoms with van der Waals surface area (Å²) in [7, 11) is 3.14. The van der Waals surface area contributed by atoms with Crippen LogP contribution in [-0.4, -0.2) is 61.9 Å². The van der Waals surface area contributed by atoms with E-state index in [-0.39, 0.29) is 48.0 Å². The number of esters is 1. The number of oxime groups is 1. The minimum Gasteiger partial charge on any atom is -0.493 e. The van der Waals surface area contributed by atoms with Crippen LogP contribution in [0.15, 0.2) is 23.4 Å². The Hall–Kier alpha value is -3.10. The average Bonchev–Trinajstić information content (AvgIpc) is 3.53. The van der Waals surface area contributed by atoms with Crippen LogP contribution >= 0.6 is 0 Å². The Morgan fingerprint density at radius 2 is 1.81 bits per heavy atom. The third-order valence-electron chi connectivity index (χ3n) is 7.34. The molecule has 9 heteroatoms. The molecule has 3 fully saturated rings. The summed E-state index contributed by atoms with van der Waals surface area (Å²) < 4.78 is 15.7. The molecule has 0 aromatic heterocycles. The Morgan fingerprint density at radius 1 is 1.09 bits per heavy atom. The van der Waals surface area contributed by atoms with Gasteiger partial charge in [0.2, 0.25) is 11.8 Å². The van der Waals surface area contributed by atoms with Crippen molar-refractivity contribution in [3.63, 3.8) is 0 Å². The van der Waals surface area contributed by atoms with Crippen LogP contribution < -0.4 is 9.47 Å². The maximum Gasteiger partial charge on any atom is 0.356 e. The third kappa shape index (κ3) is 2.90. The van der Waals surface area contributed by atoms with Gasteiger partial charge in [-0.05, 0) is 43.4 Å². The van der Waals surface area contributed by atoms with Gasteiger partial charge in [-0.15, -0.1) is 0 Å². The van der Waals surface area contributed by atoms with Gasteiger partial charge in [-0.2, -0.15) is 0 Å². The molecule has 0 unspecified atom stereocenters. The summed E-state index contributed by atoms with van der Waals surface area (Å²) in [6.07, 6.45) is 0.887. The van der Waals surface area contributed by atoms with Gasteiger partial charge < -0.3 is 19.0 Å². The van der Waals surface area contributed by atoms with Crippen molar-refractivity contribution in [3.8, 4) is 11.5 Å². The highest BCUT2D eigenvalue weighted by molar-refractivity contribution is 6.38. The molecule has 0 spiro atoms. The fraction of sp³-hybridized carbons (Fsp3) is 0.565. The minimum atomic E-state index is -0.494. The number of ether oxygens (including phenoxy) is 3. The molecule has 1 aromatic rings. The Balaban J connectivity index is 1.31. The molecule has 1 saturated heterocycles. The molecule has 170 valence electrons. The van der Waals surface area contributed by atoms with Crippen molar-refractivity contribution < 1.29 is 33.4 Å². The SMILES string of the molecule is CCOC(=O)C1=NO[C@H]2[C@H]3C[C@H]([C@@H]12)[C@@H]1C(=O)N(CCc2ccc(OC)c(OC)c2)C(=O)[C@@H]31. The van der Waals surface area contributed by atoms with Crippen LogP contribution in [0.1, 0.15) is 18.9 Å². The quantitative estimate of drug-likeness (QED) is 0.465. The van der Waals surface area contributed by atoms with Gasteiger partial charge in [-0.1, -0.05) is 11.2 Å². The first-order valence-corrected chi connectivity index (χ1v) is 11.0. The Bertz CT molecular complexity index is 1010. The van der Waals surface area contributed by atoms with Gasteiger partial charge in [-0.25, -0.2) is 4.79 Å². The van der Waals surface area contributed by atoms with E-state index in [1.165, 1.54) is 4.90 Å². The summed E-state index contributed by atoms with van der Waals surface area (Å²) in [5.41, 5.74) is 1.20. The molecular formula is C23H26N2O7. The maximum atomic E-state index is 13.3. The second kappa shape index (κ2) is 7.79. The number of hydrogen-bond acceptors (Lipinski definition) is 8. The molecule has 4 aliphatic rings. The van der Waals surface area contributed by atoms with Crippen molar-refractivity contribution in [1.82, 2.24) is 4.90 Å². The van der Waals surface area contributed by atoms with E-state index in [4.69, 9.17) is 19.0 Å². The topological polar surface area (TPSA) is 104 Å². The second-order valence-corrected chi connectivity index (χ2v) is 8.68. The summed E-state index contributed by atoms with van der Waals surface area (Å²) >= 11 is 0. The third-order valence-corrected chi connectivity index (χ3v) is 7.34. The van der Waals surface area contributed by atoms with E-state index in [9.17, 15) is 14.4 Å².